The molecular formula is C16H22O3. The van der Waals surface area contributed by atoms with E-state index in [4.69, 9.17) is 14.2 Å². The summed E-state index contributed by atoms with van der Waals surface area (Å²) in [5.74, 6) is -0.431. The van der Waals surface area contributed by atoms with Gasteiger partial charge in [-0.1, -0.05) is 30.3 Å². The van der Waals surface area contributed by atoms with Gasteiger partial charge in [-0.15, -0.1) is 0 Å². The molecule has 1 atom stereocenters. The highest BCUT2D eigenvalue weighted by atomic mass is 16.7. The van der Waals surface area contributed by atoms with Crippen LogP contribution in [0.4, 0.5) is 0 Å². The van der Waals surface area contributed by atoms with Gasteiger partial charge in [0.05, 0.1) is 25.9 Å². The van der Waals surface area contributed by atoms with Gasteiger partial charge in [0.15, 0.2) is 5.79 Å². The highest BCUT2D eigenvalue weighted by Crippen LogP contribution is 2.53. The Hall–Kier alpha value is -0.900. The van der Waals surface area contributed by atoms with Gasteiger partial charge >= 0.3 is 0 Å². The molecule has 0 N–H and O–H groups in total. The van der Waals surface area contributed by atoms with Crippen molar-refractivity contribution in [2.24, 2.45) is 5.41 Å². The first-order valence-corrected chi connectivity index (χ1v) is 7.03. The van der Waals surface area contributed by atoms with Crippen molar-refractivity contribution in [1.29, 1.82) is 0 Å². The third-order valence-electron chi connectivity index (χ3n) is 4.08. The fourth-order valence-electron chi connectivity index (χ4n) is 2.65. The Morgan fingerprint density at radius 1 is 1.21 bits per heavy atom. The van der Waals surface area contributed by atoms with E-state index in [1.54, 1.807) is 0 Å². The lowest BCUT2D eigenvalue weighted by Crippen LogP contribution is -2.31. The van der Waals surface area contributed by atoms with Gasteiger partial charge in [0.1, 0.15) is 0 Å². The minimum atomic E-state index is -0.431. The number of hydrogen-bond acceptors (Lipinski definition) is 3. The van der Waals surface area contributed by atoms with E-state index in [1.165, 1.54) is 18.4 Å². The average molecular weight is 262 g/mol. The van der Waals surface area contributed by atoms with E-state index in [-0.39, 0.29) is 11.5 Å². The van der Waals surface area contributed by atoms with Gasteiger partial charge in [-0.2, -0.15) is 0 Å². The maximum atomic E-state index is 5.98. The second-order valence-electron chi connectivity index (χ2n) is 6.16. The van der Waals surface area contributed by atoms with Crippen molar-refractivity contribution in [2.45, 2.75) is 45.2 Å². The second kappa shape index (κ2) is 4.89. The summed E-state index contributed by atoms with van der Waals surface area (Å²) < 4.78 is 17.5. The quantitative estimate of drug-likeness (QED) is 0.816. The van der Waals surface area contributed by atoms with Crippen molar-refractivity contribution in [2.75, 3.05) is 13.2 Å². The standard InChI is InChI=1S/C16H22O3/c1-15(2)18-11-14(19-15)16(8-9-16)12-17-10-13-6-4-3-5-7-13/h3-7,14H,8-12H2,1-2H3/t14-/m1/s1. The van der Waals surface area contributed by atoms with Gasteiger partial charge < -0.3 is 14.2 Å². The van der Waals surface area contributed by atoms with Gasteiger partial charge in [0.25, 0.3) is 0 Å². The largest absolute Gasteiger partial charge is 0.376 e. The maximum absolute atomic E-state index is 5.98. The smallest absolute Gasteiger partial charge is 0.163 e. The van der Waals surface area contributed by atoms with E-state index in [9.17, 15) is 0 Å². The van der Waals surface area contributed by atoms with Crippen molar-refractivity contribution < 1.29 is 14.2 Å². The van der Waals surface area contributed by atoms with Crippen LogP contribution < -0.4 is 0 Å². The van der Waals surface area contributed by atoms with Gasteiger partial charge in [0.2, 0.25) is 0 Å². The molecule has 2 fully saturated rings. The minimum Gasteiger partial charge on any atom is -0.376 e. The first-order valence-electron chi connectivity index (χ1n) is 7.03. The van der Waals surface area contributed by atoms with Gasteiger partial charge in [0, 0.05) is 5.41 Å². The molecule has 1 saturated carbocycles. The summed E-state index contributed by atoms with van der Waals surface area (Å²) in [6.45, 7) is 6.11. The molecule has 0 aromatic heterocycles. The number of rotatable bonds is 5. The van der Waals surface area contributed by atoms with Gasteiger partial charge in [-0.05, 0) is 32.3 Å². The molecule has 3 heteroatoms. The lowest BCUT2D eigenvalue weighted by Gasteiger charge is -2.23. The zero-order chi connectivity index (χ0) is 13.3. The molecule has 104 valence electrons. The maximum Gasteiger partial charge on any atom is 0.163 e. The molecular weight excluding hydrogens is 240 g/mol. The molecule has 1 aromatic rings. The summed E-state index contributed by atoms with van der Waals surface area (Å²) in [6.07, 6.45) is 2.57. The molecule has 0 bridgehead atoms. The van der Waals surface area contributed by atoms with Crippen LogP contribution in [0.5, 0.6) is 0 Å². The second-order valence-corrected chi connectivity index (χ2v) is 6.16. The van der Waals surface area contributed by atoms with Crippen LogP contribution in [-0.4, -0.2) is 25.1 Å². The molecule has 1 saturated heterocycles. The predicted molar refractivity (Wildman–Crippen MR) is 72.7 cm³/mol. The third kappa shape index (κ3) is 2.99. The van der Waals surface area contributed by atoms with Crippen molar-refractivity contribution in [3.8, 4) is 0 Å². The highest BCUT2D eigenvalue weighted by molar-refractivity contribution is 5.13. The van der Waals surface area contributed by atoms with E-state index in [2.05, 4.69) is 12.1 Å². The Balaban J connectivity index is 1.50. The van der Waals surface area contributed by atoms with Crippen molar-refractivity contribution in [3.05, 3.63) is 35.9 Å². The molecule has 1 aromatic carbocycles. The summed E-state index contributed by atoms with van der Waals surface area (Å²) in [4.78, 5) is 0. The van der Waals surface area contributed by atoms with Crippen molar-refractivity contribution in [3.63, 3.8) is 0 Å². The molecule has 3 rings (SSSR count). The lowest BCUT2D eigenvalue weighted by molar-refractivity contribution is -0.150. The predicted octanol–water partition coefficient (Wildman–Crippen LogP) is 3.13. The summed E-state index contributed by atoms with van der Waals surface area (Å²) in [7, 11) is 0. The first-order chi connectivity index (χ1) is 9.10. The third-order valence-corrected chi connectivity index (χ3v) is 4.08. The molecule has 1 aliphatic heterocycles. The summed E-state index contributed by atoms with van der Waals surface area (Å²) in [5, 5.41) is 0. The number of benzene rings is 1. The molecule has 0 spiro atoms. The van der Waals surface area contributed by atoms with E-state index in [1.807, 2.05) is 32.0 Å². The SMILES string of the molecule is CC1(C)OC[C@H](C2(COCc3ccccc3)CC2)O1. The molecule has 0 radical (unpaired) electrons. The topological polar surface area (TPSA) is 27.7 Å². The van der Waals surface area contributed by atoms with E-state index < -0.39 is 5.79 Å². The van der Waals surface area contributed by atoms with Crippen LogP contribution in [0.3, 0.4) is 0 Å². The van der Waals surface area contributed by atoms with Crippen LogP contribution in [-0.2, 0) is 20.8 Å². The molecule has 0 unspecified atom stereocenters. The molecule has 0 amide bonds. The number of ether oxygens (including phenoxy) is 3. The van der Waals surface area contributed by atoms with Crippen LogP contribution in [0.15, 0.2) is 30.3 Å². The fraction of sp³-hybridized carbons (Fsp3) is 0.625. The van der Waals surface area contributed by atoms with Crippen LogP contribution in [0.25, 0.3) is 0 Å². The summed E-state index contributed by atoms with van der Waals surface area (Å²) in [5.41, 5.74) is 1.42. The van der Waals surface area contributed by atoms with Crippen LogP contribution in [0.2, 0.25) is 0 Å². The van der Waals surface area contributed by atoms with Crippen LogP contribution >= 0.6 is 0 Å². The molecule has 1 heterocycles. The van der Waals surface area contributed by atoms with Crippen molar-refractivity contribution >= 4 is 0 Å². The average Bonchev–Trinajstić information content (AvgIpc) is 3.08. The minimum absolute atomic E-state index is 0.193. The Labute approximate surface area is 114 Å². The first kappa shape index (κ1) is 13.1. The molecule has 19 heavy (non-hydrogen) atoms. The Morgan fingerprint density at radius 2 is 1.95 bits per heavy atom. The zero-order valence-electron chi connectivity index (χ0n) is 11.7. The van der Waals surface area contributed by atoms with E-state index in [0.717, 1.165) is 6.61 Å². The van der Waals surface area contributed by atoms with Crippen LogP contribution in [0.1, 0.15) is 32.3 Å². The monoisotopic (exact) mass is 262 g/mol. The lowest BCUT2D eigenvalue weighted by atomic mass is 10.0. The summed E-state index contributed by atoms with van der Waals surface area (Å²) in [6, 6.07) is 10.3. The molecule has 2 aliphatic rings. The zero-order valence-corrected chi connectivity index (χ0v) is 11.7. The molecule has 3 nitrogen and oxygen atoms in total. The van der Waals surface area contributed by atoms with Gasteiger partial charge in [-0.3, -0.25) is 0 Å². The number of hydrogen-bond donors (Lipinski definition) is 0. The Morgan fingerprint density at radius 3 is 2.53 bits per heavy atom. The van der Waals surface area contributed by atoms with Crippen LogP contribution in [0, 0.1) is 5.41 Å². The van der Waals surface area contributed by atoms with Gasteiger partial charge in [-0.25, -0.2) is 0 Å². The van der Waals surface area contributed by atoms with Crippen molar-refractivity contribution in [1.82, 2.24) is 0 Å². The summed E-state index contributed by atoms with van der Waals surface area (Å²) >= 11 is 0. The van der Waals surface area contributed by atoms with E-state index >= 15 is 0 Å². The highest BCUT2D eigenvalue weighted by Gasteiger charge is 2.54. The normalized spacial score (nSPS) is 27.4. The Bertz CT molecular complexity index is 423. The Kier molecular flexibility index (Phi) is 3.37. The van der Waals surface area contributed by atoms with E-state index in [0.29, 0.717) is 13.2 Å². The molecule has 1 aliphatic carbocycles. The fourth-order valence-corrected chi connectivity index (χ4v) is 2.65.